The Morgan fingerprint density at radius 3 is 2.96 bits per heavy atom. The molecule has 0 amide bonds. The summed E-state index contributed by atoms with van der Waals surface area (Å²) in [4.78, 5) is 18.5. The van der Waals surface area contributed by atoms with Crippen molar-refractivity contribution in [1.29, 1.82) is 0 Å². The number of carbonyl (C=O) groups is 1. The fourth-order valence-corrected chi connectivity index (χ4v) is 4.08. The summed E-state index contributed by atoms with van der Waals surface area (Å²) < 4.78 is 30.1. The second-order valence-corrected chi connectivity index (χ2v) is 7.53. The highest BCUT2D eigenvalue weighted by Crippen LogP contribution is 2.33. The van der Waals surface area contributed by atoms with Crippen LogP contribution in [0.25, 0.3) is 16.3 Å². The Morgan fingerprint density at radius 2 is 2.07 bits per heavy atom. The Labute approximate surface area is 163 Å². The third-order valence-corrected chi connectivity index (χ3v) is 5.63. The van der Waals surface area contributed by atoms with E-state index in [1.165, 1.54) is 29.5 Å². The first-order chi connectivity index (χ1) is 13.6. The van der Waals surface area contributed by atoms with Crippen molar-refractivity contribution < 1.29 is 23.4 Å². The van der Waals surface area contributed by atoms with Gasteiger partial charge in [-0.1, -0.05) is 17.4 Å². The lowest BCUT2D eigenvalue weighted by atomic mass is 10.2. The van der Waals surface area contributed by atoms with Crippen molar-refractivity contribution in [1.82, 2.24) is 4.98 Å². The van der Waals surface area contributed by atoms with E-state index < -0.39 is 5.97 Å². The van der Waals surface area contributed by atoms with Crippen molar-refractivity contribution in [2.75, 3.05) is 24.8 Å². The molecule has 28 heavy (non-hydrogen) atoms. The van der Waals surface area contributed by atoms with Crippen molar-refractivity contribution >= 4 is 38.7 Å². The van der Waals surface area contributed by atoms with E-state index in [1.807, 2.05) is 17.0 Å². The number of esters is 1. The number of nitrogens with zero attached hydrogens (tertiary/aromatic N) is 2. The topological polar surface area (TPSA) is 60.9 Å². The molecule has 8 heteroatoms. The van der Waals surface area contributed by atoms with Gasteiger partial charge >= 0.3 is 5.97 Å². The summed E-state index contributed by atoms with van der Waals surface area (Å²) in [5, 5.41) is 0.809. The van der Waals surface area contributed by atoms with Crippen LogP contribution in [0.3, 0.4) is 0 Å². The van der Waals surface area contributed by atoms with Gasteiger partial charge < -0.3 is 19.1 Å². The molecule has 0 unspecified atom stereocenters. The number of hydrogen-bond acceptors (Lipinski definition) is 7. The normalized spacial score (nSPS) is 16.0. The van der Waals surface area contributed by atoms with Gasteiger partial charge in [0.2, 0.25) is 6.79 Å². The van der Waals surface area contributed by atoms with Crippen LogP contribution in [0, 0.1) is 5.82 Å². The predicted octanol–water partition coefficient (Wildman–Crippen LogP) is 3.61. The van der Waals surface area contributed by atoms with Gasteiger partial charge in [-0.3, -0.25) is 0 Å². The highest BCUT2D eigenvalue weighted by molar-refractivity contribution is 7.22. The van der Waals surface area contributed by atoms with E-state index in [4.69, 9.17) is 14.2 Å². The Kier molecular flexibility index (Phi) is 4.12. The van der Waals surface area contributed by atoms with Gasteiger partial charge in [0.05, 0.1) is 23.3 Å². The van der Waals surface area contributed by atoms with E-state index in [-0.39, 0.29) is 18.7 Å². The van der Waals surface area contributed by atoms with Gasteiger partial charge in [0.15, 0.2) is 16.6 Å². The molecule has 0 radical (unpaired) electrons. The Balaban J connectivity index is 1.16. The van der Waals surface area contributed by atoms with E-state index >= 15 is 0 Å². The fourth-order valence-electron chi connectivity index (χ4n) is 3.08. The van der Waals surface area contributed by atoms with Gasteiger partial charge in [0, 0.05) is 6.08 Å². The first-order valence-electron chi connectivity index (χ1n) is 8.73. The second kappa shape index (κ2) is 6.79. The summed E-state index contributed by atoms with van der Waals surface area (Å²) in [5.41, 5.74) is 1.60. The molecule has 0 saturated carbocycles. The maximum Gasteiger partial charge on any atom is 0.331 e. The molecule has 2 aromatic carbocycles. The molecule has 5 rings (SSSR count). The lowest BCUT2D eigenvalue weighted by molar-refractivity contribution is -0.143. The molecule has 2 aliphatic heterocycles. The minimum atomic E-state index is -0.395. The number of benzene rings is 2. The first-order valence-corrected chi connectivity index (χ1v) is 9.55. The largest absolute Gasteiger partial charge is 0.455 e. The molecular formula is C20H15FN2O4S. The third kappa shape index (κ3) is 3.27. The van der Waals surface area contributed by atoms with E-state index in [9.17, 15) is 9.18 Å². The average molecular weight is 398 g/mol. The van der Waals surface area contributed by atoms with E-state index in [1.54, 1.807) is 18.2 Å². The number of ether oxygens (including phenoxy) is 3. The van der Waals surface area contributed by atoms with E-state index in [2.05, 4.69) is 4.98 Å². The van der Waals surface area contributed by atoms with Crippen molar-refractivity contribution in [3.8, 4) is 11.5 Å². The summed E-state index contributed by atoms with van der Waals surface area (Å²) in [6, 6.07) is 10.0. The standard InChI is InChI=1S/C20H15FN2O4S/c21-13-3-4-15-18(8-13)28-20(22-15)23-9-14(10-23)27-19(24)6-2-12-1-5-16-17(7-12)26-11-25-16/h1-8,14H,9-11H2/b6-2+. The van der Waals surface area contributed by atoms with Gasteiger partial charge in [-0.25, -0.2) is 14.2 Å². The molecule has 1 aromatic heterocycles. The smallest absolute Gasteiger partial charge is 0.331 e. The minimum Gasteiger partial charge on any atom is -0.455 e. The average Bonchev–Trinajstić information content (AvgIpc) is 3.28. The molecule has 0 atom stereocenters. The highest BCUT2D eigenvalue weighted by atomic mass is 32.1. The minimum absolute atomic E-state index is 0.183. The van der Waals surface area contributed by atoms with Crippen LogP contribution >= 0.6 is 11.3 Å². The predicted molar refractivity (Wildman–Crippen MR) is 103 cm³/mol. The highest BCUT2D eigenvalue weighted by Gasteiger charge is 2.31. The van der Waals surface area contributed by atoms with Crippen molar-refractivity contribution in [2.45, 2.75) is 6.10 Å². The van der Waals surface area contributed by atoms with E-state index in [0.29, 0.717) is 24.6 Å². The number of rotatable bonds is 4. The molecule has 2 aliphatic rings. The number of fused-ring (bicyclic) bond motifs is 2. The molecule has 1 fully saturated rings. The number of carbonyl (C=O) groups excluding carboxylic acids is 1. The van der Waals surface area contributed by atoms with Crippen LogP contribution in [0.4, 0.5) is 9.52 Å². The molecule has 0 spiro atoms. The van der Waals surface area contributed by atoms with Crippen LogP contribution in [-0.4, -0.2) is 36.9 Å². The number of thiazole rings is 1. The van der Waals surface area contributed by atoms with Crippen LogP contribution in [0.2, 0.25) is 0 Å². The first kappa shape index (κ1) is 17.0. The molecule has 0 N–H and O–H groups in total. The van der Waals surface area contributed by atoms with Crippen LogP contribution < -0.4 is 14.4 Å². The van der Waals surface area contributed by atoms with E-state index in [0.717, 1.165) is 20.9 Å². The number of aromatic nitrogens is 1. The van der Waals surface area contributed by atoms with Crippen molar-refractivity contribution in [3.05, 3.63) is 53.9 Å². The number of hydrogen-bond donors (Lipinski definition) is 0. The maximum atomic E-state index is 13.3. The monoisotopic (exact) mass is 398 g/mol. The Morgan fingerprint density at radius 1 is 1.21 bits per heavy atom. The van der Waals surface area contributed by atoms with Gasteiger partial charge in [-0.2, -0.15) is 0 Å². The SMILES string of the molecule is O=C(/C=C/c1ccc2c(c1)OCO2)OC1CN(c2nc3ccc(F)cc3s2)C1. The zero-order valence-electron chi connectivity index (χ0n) is 14.6. The van der Waals surface area contributed by atoms with Crippen LogP contribution in [0.1, 0.15) is 5.56 Å². The van der Waals surface area contributed by atoms with Crippen LogP contribution in [0.5, 0.6) is 11.5 Å². The maximum absolute atomic E-state index is 13.3. The summed E-state index contributed by atoms with van der Waals surface area (Å²) in [7, 11) is 0. The van der Waals surface area contributed by atoms with Gasteiger partial charge in [-0.05, 0) is 42.0 Å². The molecular weight excluding hydrogens is 383 g/mol. The van der Waals surface area contributed by atoms with Crippen LogP contribution in [-0.2, 0) is 9.53 Å². The molecule has 1 saturated heterocycles. The molecule has 6 nitrogen and oxygen atoms in total. The van der Waals surface area contributed by atoms with Crippen molar-refractivity contribution in [3.63, 3.8) is 0 Å². The van der Waals surface area contributed by atoms with Gasteiger partial charge in [-0.15, -0.1) is 0 Å². The fraction of sp³-hybridized carbons (Fsp3) is 0.200. The molecule has 3 aromatic rings. The molecule has 0 aliphatic carbocycles. The Bertz CT molecular complexity index is 1090. The number of anilines is 1. The molecule has 3 heterocycles. The number of halogens is 1. The summed E-state index contributed by atoms with van der Waals surface area (Å²) in [5.74, 6) is 0.703. The van der Waals surface area contributed by atoms with Gasteiger partial charge in [0.1, 0.15) is 11.9 Å². The van der Waals surface area contributed by atoms with Crippen LogP contribution in [0.15, 0.2) is 42.5 Å². The quantitative estimate of drug-likeness (QED) is 0.494. The molecule has 0 bridgehead atoms. The Hall–Kier alpha value is -3.13. The zero-order chi connectivity index (χ0) is 19.1. The zero-order valence-corrected chi connectivity index (χ0v) is 15.4. The van der Waals surface area contributed by atoms with Gasteiger partial charge in [0.25, 0.3) is 0 Å². The lowest BCUT2D eigenvalue weighted by Gasteiger charge is -2.37. The lowest BCUT2D eigenvalue weighted by Crippen LogP contribution is -2.52. The third-order valence-electron chi connectivity index (χ3n) is 4.55. The summed E-state index contributed by atoms with van der Waals surface area (Å²) in [6.45, 7) is 1.37. The van der Waals surface area contributed by atoms with Crippen molar-refractivity contribution in [2.24, 2.45) is 0 Å². The summed E-state index contributed by atoms with van der Waals surface area (Å²) >= 11 is 1.43. The second-order valence-electron chi connectivity index (χ2n) is 6.52. The summed E-state index contributed by atoms with van der Waals surface area (Å²) in [6.07, 6.45) is 2.90. The molecule has 142 valence electrons.